The zero-order valence-corrected chi connectivity index (χ0v) is 19.5. The van der Waals surface area contributed by atoms with Gasteiger partial charge in [0.15, 0.2) is 5.65 Å². The topological polar surface area (TPSA) is 22.8 Å². The number of aryl methyl sites for hydroxylation is 1. The summed E-state index contributed by atoms with van der Waals surface area (Å²) in [6.45, 7) is 0. The molecule has 3 aromatic carbocycles. The first-order valence-corrected chi connectivity index (χ1v) is 11.5. The lowest BCUT2D eigenvalue weighted by Crippen LogP contribution is -2.02. The first kappa shape index (κ1) is 20.0. The molecule has 0 N–H and O–H groups in total. The van der Waals surface area contributed by atoms with Crippen LogP contribution in [0.1, 0.15) is 17.0 Å². The quantitative estimate of drug-likeness (QED) is 0.224. The van der Waals surface area contributed by atoms with Crippen LogP contribution in [0.3, 0.4) is 0 Å². The van der Waals surface area contributed by atoms with Crippen LogP contribution in [0, 0.1) is 0 Å². The lowest BCUT2D eigenvalue weighted by atomic mass is 10.1. The van der Waals surface area contributed by atoms with E-state index in [0.717, 1.165) is 60.4 Å². The van der Waals surface area contributed by atoms with Crippen LogP contribution in [0.25, 0.3) is 34.2 Å². The van der Waals surface area contributed by atoms with Gasteiger partial charge in [-0.2, -0.15) is 0 Å². The fraction of sp³-hybridized carbons (Fsp3) is 0.0357. The number of allylic oxidation sites excluding steroid dienone is 1. The fourth-order valence-electron chi connectivity index (χ4n) is 4.52. The van der Waals surface area contributed by atoms with Crippen molar-refractivity contribution in [3.05, 3.63) is 114 Å². The van der Waals surface area contributed by atoms with Crippen molar-refractivity contribution in [3.63, 3.8) is 0 Å². The summed E-state index contributed by atoms with van der Waals surface area (Å²) in [4.78, 5) is 6.63. The molecule has 5 heteroatoms. The molecule has 0 unspecified atom stereocenters. The highest BCUT2D eigenvalue weighted by Crippen LogP contribution is 2.33. The third-order valence-corrected chi connectivity index (χ3v) is 7.01. The highest BCUT2D eigenvalue weighted by atomic mass is 32.1. The minimum Gasteiger partial charge on any atom is -0.327 e. The van der Waals surface area contributed by atoms with Crippen LogP contribution in [-0.4, -0.2) is 23.8 Å². The summed E-state index contributed by atoms with van der Waals surface area (Å²) in [5, 5.41) is 0. The highest BCUT2D eigenvalue weighted by molar-refractivity contribution is 7.84. The van der Waals surface area contributed by atoms with Crippen LogP contribution in [0.5, 0.6) is 0 Å². The Bertz CT molecular complexity index is 1550. The number of hydrogen-bond donors (Lipinski definition) is 0. The summed E-state index contributed by atoms with van der Waals surface area (Å²) in [6.07, 6.45) is 2.04. The van der Waals surface area contributed by atoms with E-state index in [1.165, 1.54) is 0 Å². The molecule has 0 radical (unpaired) electrons. The first-order chi connectivity index (χ1) is 16.1. The maximum absolute atomic E-state index is 5.80. The van der Waals surface area contributed by atoms with Crippen LogP contribution in [-0.2, 0) is 7.05 Å². The van der Waals surface area contributed by atoms with E-state index in [-0.39, 0.29) is 0 Å². The molecule has 0 bridgehead atoms. The molecule has 6 rings (SSSR count). The molecular weight excluding hydrogens is 442 g/mol. The van der Waals surface area contributed by atoms with E-state index < -0.39 is 0 Å². The van der Waals surface area contributed by atoms with Gasteiger partial charge in [-0.05, 0) is 29.8 Å². The van der Waals surface area contributed by atoms with Crippen molar-refractivity contribution < 1.29 is 0 Å². The largest absolute Gasteiger partial charge is 0.327 e. The average Bonchev–Trinajstić information content (AvgIpc) is 3.46. The molecule has 0 spiro atoms. The zero-order valence-electron chi connectivity index (χ0n) is 17.9. The summed E-state index contributed by atoms with van der Waals surface area (Å²) in [7, 11) is 2.06. The maximum atomic E-state index is 5.80. The minimum absolute atomic E-state index is 0.784. The second kappa shape index (κ2) is 7.73. The zero-order chi connectivity index (χ0) is 22.5. The molecule has 0 saturated carbocycles. The van der Waals surface area contributed by atoms with E-state index in [2.05, 4.69) is 58.6 Å². The third kappa shape index (κ3) is 3.12. The number of nitrogens with zero attached hydrogens (tertiary/aromatic N) is 3. The van der Waals surface area contributed by atoms with Gasteiger partial charge in [0.2, 0.25) is 0 Å². The number of fused-ring (bicyclic) bond motifs is 2. The van der Waals surface area contributed by atoms with Gasteiger partial charge in [-0.1, -0.05) is 97.2 Å². The Morgan fingerprint density at radius 3 is 1.97 bits per heavy atom. The van der Waals surface area contributed by atoms with Crippen molar-refractivity contribution >= 4 is 51.4 Å². The lowest BCUT2D eigenvalue weighted by molar-refractivity contribution is 0.955. The monoisotopic (exact) mass is 461 g/mol. The van der Waals surface area contributed by atoms with Gasteiger partial charge in [0.1, 0.15) is 5.82 Å². The van der Waals surface area contributed by atoms with Crippen LogP contribution in [0.4, 0.5) is 0 Å². The van der Waals surface area contributed by atoms with Gasteiger partial charge < -0.3 is 4.57 Å². The summed E-state index contributed by atoms with van der Waals surface area (Å²) in [6, 6.07) is 31.0. The van der Waals surface area contributed by atoms with Crippen LogP contribution in [0.15, 0.2) is 96.6 Å². The molecule has 33 heavy (non-hydrogen) atoms. The standard InChI is InChI=1S/C28H19N3S2/c1-30-23(18-10-4-2-5-11-18)17-24-28(30)29-25(31(24)19-12-6-3-7-13-19)16-22-26(32)20-14-8-9-15-21(20)27(22)33/h2-17H,1H3. The predicted molar refractivity (Wildman–Crippen MR) is 143 cm³/mol. The average molecular weight is 462 g/mol. The van der Waals surface area contributed by atoms with Crippen molar-refractivity contribution in [2.24, 2.45) is 7.05 Å². The number of aromatic nitrogens is 3. The molecule has 2 heterocycles. The highest BCUT2D eigenvalue weighted by Gasteiger charge is 2.27. The minimum atomic E-state index is 0.784. The Labute approximate surface area is 202 Å². The molecule has 0 fully saturated rings. The van der Waals surface area contributed by atoms with Gasteiger partial charge in [0.25, 0.3) is 0 Å². The Morgan fingerprint density at radius 2 is 1.33 bits per heavy atom. The first-order valence-electron chi connectivity index (χ1n) is 10.7. The normalized spacial score (nSPS) is 13.1. The maximum Gasteiger partial charge on any atom is 0.159 e. The molecule has 1 aliphatic rings. The Balaban J connectivity index is 1.58. The van der Waals surface area contributed by atoms with Gasteiger partial charge in [-0.3, -0.25) is 4.57 Å². The molecular formula is C28H19N3S2. The number of benzene rings is 3. The van der Waals surface area contributed by atoms with E-state index >= 15 is 0 Å². The van der Waals surface area contributed by atoms with Crippen molar-refractivity contribution in [2.75, 3.05) is 0 Å². The van der Waals surface area contributed by atoms with Crippen molar-refractivity contribution in [1.29, 1.82) is 0 Å². The van der Waals surface area contributed by atoms with E-state index in [1.54, 1.807) is 0 Å². The second-order valence-electron chi connectivity index (χ2n) is 8.07. The van der Waals surface area contributed by atoms with Gasteiger partial charge >= 0.3 is 0 Å². The van der Waals surface area contributed by atoms with Gasteiger partial charge in [-0.25, -0.2) is 4.98 Å². The Kier molecular flexibility index (Phi) is 4.68. The number of hydrogen-bond acceptors (Lipinski definition) is 3. The SMILES string of the molecule is Cn1c(-c2ccccc2)cc2c1nc(C=C1C(=S)c3ccccc3C1=S)n2-c1ccccc1. The molecule has 1 aliphatic carbocycles. The summed E-state index contributed by atoms with van der Waals surface area (Å²) < 4.78 is 4.33. The molecule has 0 saturated heterocycles. The van der Waals surface area contributed by atoms with Crippen LogP contribution < -0.4 is 0 Å². The summed E-state index contributed by atoms with van der Waals surface area (Å²) in [5.74, 6) is 0.814. The second-order valence-corrected chi connectivity index (χ2v) is 8.88. The summed E-state index contributed by atoms with van der Waals surface area (Å²) in [5.41, 5.74) is 8.22. The van der Waals surface area contributed by atoms with E-state index in [9.17, 15) is 0 Å². The Hall–Kier alpha value is -3.67. The smallest absolute Gasteiger partial charge is 0.159 e. The Morgan fingerprint density at radius 1 is 0.758 bits per heavy atom. The molecule has 0 aliphatic heterocycles. The number of para-hydroxylation sites is 1. The predicted octanol–water partition coefficient (Wildman–Crippen LogP) is 6.56. The van der Waals surface area contributed by atoms with Gasteiger partial charge in [0, 0.05) is 29.4 Å². The third-order valence-electron chi connectivity index (χ3n) is 6.14. The molecule has 0 amide bonds. The van der Waals surface area contributed by atoms with Gasteiger partial charge in [-0.15, -0.1) is 0 Å². The molecule has 158 valence electrons. The van der Waals surface area contributed by atoms with E-state index in [4.69, 9.17) is 29.4 Å². The molecule has 3 nitrogen and oxygen atoms in total. The number of imidazole rings is 1. The molecule has 2 aromatic heterocycles. The number of rotatable bonds is 3. The number of thiocarbonyl (C=S) groups is 2. The van der Waals surface area contributed by atoms with Gasteiger partial charge in [0.05, 0.1) is 20.9 Å². The van der Waals surface area contributed by atoms with E-state index in [1.807, 2.05) is 54.6 Å². The van der Waals surface area contributed by atoms with E-state index in [0.29, 0.717) is 0 Å². The summed E-state index contributed by atoms with van der Waals surface area (Å²) >= 11 is 11.6. The fourth-order valence-corrected chi connectivity index (χ4v) is 5.26. The van der Waals surface area contributed by atoms with Crippen LogP contribution in [0.2, 0.25) is 0 Å². The van der Waals surface area contributed by atoms with Crippen molar-refractivity contribution in [3.8, 4) is 16.9 Å². The lowest BCUT2D eigenvalue weighted by Gasteiger charge is -2.08. The van der Waals surface area contributed by atoms with Crippen molar-refractivity contribution in [2.45, 2.75) is 0 Å². The molecule has 5 aromatic rings. The molecule has 0 atom stereocenters. The van der Waals surface area contributed by atoms with Crippen LogP contribution >= 0.6 is 24.4 Å². The van der Waals surface area contributed by atoms with Crippen molar-refractivity contribution in [1.82, 2.24) is 14.1 Å².